The Bertz CT molecular complexity index is 413. The van der Waals surface area contributed by atoms with E-state index in [-0.39, 0.29) is 17.8 Å². The SMILES string of the molecule is CC1=C(OC(C)C)C(OC(C)C)C(=C=O)C(=O)O1. The van der Waals surface area contributed by atoms with Crippen molar-refractivity contribution in [1.29, 1.82) is 0 Å². The van der Waals surface area contributed by atoms with Crippen LogP contribution in [0.25, 0.3) is 0 Å². The highest BCUT2D eigenvalue weighted by Gasteiger charge is 2.37. The van der Waals surface area contributed by atoms with Crippen molar-refractivity contribution in [3.05, 3.63) is 17.1 Å². The maximum atomic E-state index is 11.6. The molecule has 0 amide bonds. The molecule has 0 aromatic heterocycles. The normalized spacial score (nSPS) is 20.3. The molecule has 0 fully saturated rings. The highest BCUT2D eigenvalue weighted by Crippen LogP contribution is 2.28. The van der Waals surface area contributed by atoms with Crippen molar-refractivity contribution in [2.24, 2.45) is 0 Å². The summed E-state index contributed by atoms with van der Waals surface area (Å²) < 4.78 is 16.1. The molecule has 1 rings (SSSR count). The van der Waals surface area contributed by atoms with Gasteiger partial charge in [0.1, 0.15) is 11.7 Å². The van der Waals surface area contributed by atoms with Crippen LogP contribution in [-0.2, 0) is 23.8 Å². The monoisotopic (exact) mass is 254 g/mol. The first-order valence-electron chi connectivity index (χ1n) is 5.86. The van der Waals surface area contributed by atoms with Crippen molar-refractivity contribution in [2.45, 2.75) is 52.9 Å². The van der Waals surface area contributed by atoms with Gasteiger partial charge >= 0.3 is 5.97 Å². The number of esters is 1. The Labute approximate surface area is 106 Å². The second-order valence-electron chi connectivity index (χ2n) is 4.56. The first-order valence-corrected chi connectivity index (χ1v) is 5.86. The molecule has 1 unspecified atom stereocenters. The molecular formula is C13H18O5. The smallest absolute Gasteiger partial charge is 0.353 e. The molecule has 0 N–H and O–H groups in total. The second-order valence-corrected chi connectivity index (χ2v) is 4.56. The van der Waals surface area contributed by atoms with Gasteiger partial charge in [0.25, 0.3) is 0 Å². The molecule has 5 heteroatoms. The minimum atomic E-state index is -0.842. The fraction of sp³-hybridized carbons (Fsp3) is 0.615. The molecule has 5 nitrogen and oxygen atoms in total. The lowest BCUT2D eigenvalue weighted by Crippen LogP contribution is -2.35. The van der Waals surface area contributed by atoms with Gasteiger partial charge in [0.2, 0.25) is 0 Å². The number of rotatable bonds is 4. The summed E-state index contributed by atoms with van der Waals surface area (Å²) in [6, 6.07) is 0. The summed E-state index contributed by atoms with van der Waals surface area (Å²) in [6.07, 6.45) is -1.12. The van der Waals surface area contributed by atoms with Crippen LogP contribution in [0.5, 0.6) is 0 Å². The summed E-state index contributed by atoms with van der Waals surface area (Å²) >= 11 is 0. The van der Waals surface area contributed by atoms with Gasteiger partial charge in [-0.25, -0.2) is 9.59 Å². The lowest BCUT2D eigenvalue weighted by Gasteiger charge is -2.29. The van der Waals surface area contributed by atoms with Gasteiger partial charge in [0.15, 0.2) is 17.4 Å². The fourth-order valence-corrected chi connectivity index (χ4v) is 1.56. The van der Waals surface area contributed by atoms with Crippen molar-refractivity contribution in [1.82, 2.24) is 0 Å². The van der Waals surface area contributed by atoms with Crippen LogP contribution >= 0.6 is 0 Å². The predicted octanol–water partition coefficient (Wildman–Crippen LogP) is 1.75. The highest BCUT2D eigenvalue weighted by molar-refractivity contribution is 6.00. The average Bonchev–Trinajstić information content (AvgIpc) is 2.23. The number of cyclic esters (lactones) is 1. The summed E-state index contributed by atoms with van der Waals surface area (Å²) in [4.78, 5) is 22.4. The first kappa shape index (κ1) is 14.5. The third-order valence-electron chi connectivity index (χ3n) is 2.19. The van der Waals surface area contributed by atoms with Crippen molar-refractivity contribution >= 4 is 11.9 Å². The Morgan fingerprint density at radius 2 is 1.83 bits per heavy atom. The van der Waals surface area contributed by atoms with Gasteiger partial charge < -0.3 is 14.2 Å². The van der Waals surface area contributed by atoms with E-state index in [1.165, 1.54) is 0 Å². The molecular weight excluding hydrogens is 236 g/mol. The Balaban J connectivity index is 3.17. The van der Waals surface area contributed by atoms with Crippen LogP contribution in [0.2, 0.25) is 0 Å². The van der Waals surface area contributed by atoms with E-state index in [0.29, 0.717) is 11.5 Å². The van der Waals surface area contributed by atoms with Crippen molar-refractivity contribution in [3.63, 3.8) is 0 Å². The van der Waals surface area contributed by atoms with Gasteiger partial charge in [-0.1, -0.05) is 0 Å². The molecule has 0 radical (unpaired) electrons. The van der Waals surface area contributed by atoms with E-state index in [0.717, 1.165) is 0 Å². The Morgan fingerprint density at radius 3 is 2.28 bits per heavy atom. The number of allylic oxidation sites excluding steroid dienone is 1. The quantitative estimate of drug-likeness (QED) is 0.434. The summed E-state index contributed by atoms with van der Waals surface area (Å²) in [6.45, 7) is 8.91. The third kappa shape index (κ3) is 3.22. The van der Waals surface area contributed by atoms with Crippen molar-refractivity contribution in [2.75, 3.05) is 0 Å². The van der Waals surface area contributed by atoms with Gasteiger partial charge in [-0.15, -0.1) is 0 Å². The van der Waals surface area contributed by atoms with Crippen LogP contribution < -0.4 is 0 Å². The zero-order chi connectivity index (χ0) is 13.9. The first-order chi connectivity index (χ1) is 8.36. The van der Waals surface area contributed by atoms with Crippen LogP contribution in [0, 0.1) is 0 Å². The molecule has 1 heterocycles. The van der Waals surface area contributed by atoms with E-state index in [1.54, 1.807) is 12.9 Å². The van der Waals surface area contributed by atoms with Crippen molar-refractivity contribution < 1.29 is 23.8 Å². The third-order valence-corrected chi connectivity index (χ3v) is 2.19. The Morgan fingerprint density at radius 1 is 1.22 bits per heavy atom. The van der Waals surface area contributed by atoms with Crippen molar-refractivity contribution in [3.8, 4) is 0 Å². The second kappa shape index (κ2) is 5.85. The molecule has 0 aromatic carbocycles. The van der Waals surface area contributed by atoms with Crippen LogP contribution in [0.15, 0.2) is 17.1 Å². The van der Waals surface area contributed by atoms with Crippen LogP contribution in [0.3, 0.4) is 0 Å². The average molecular weight is 254 g/mol. The van der Waals surface area contributed by atoms with E-state index in [4.69, 9.17) is 14.2 Å². The number of ether oxygens (including phenoxy) is 3. The zero-order valence-electron chi connectivity index (χ0n) is 11.3. The lowest BCUT2D eigenvalue weighted by molar-refractivity contribution is -0.140. The summed E-state index contributed by atoms with van der Waals surface area (Å²) in [5.41, 5.74) is -0.190. The minimum Gasteiger partial charge on any atom is -0.489 e. The molecule has 0 aromatic rings. The summed E-state index contributed by atoms with van der Waals surface area (Å²) in [5.74, 6) is 1.53. The Hall–Kier alpha value is -1.58. The van der Waals surface area contributed by atoms with Gasteiger partial charge in [0, 0.05) is 0 Å². The summed E-state index contributed by atoms with van der Waals surface area (Å²) in [5, 5.41) is 0. The molecule has 0 spiro atoms. The van der Waals surface area contributed by atoms with Gasteiger partial charge in [-0.2, -0.15) is 0 Å². The van der Waals surface area contributed by atoms with Gasteiger partial charge in [0.05, 0.1) is 12.2 Å². The molecule has 0 saturated heterocycles. The van der Waals surface area contributed by atoms with E-state index < -0.39 is 12.1 Å². The topological polar surface area (TPSA) is 61.8 Å². The standard InChI is InChI=1S/C13H18O5/c1-7(2)16-11-9(5)18-13(15)10(6-14)12(11)17-8(3)4/h7-8,12H,1-5H3. The number of carbonyl (C=O) groups excluding carboxylic acids is 2. The van der Waals surface area contributed by atoms with Crippen LogP contribution in [0.4, 0.5) is 0 Å². The summed E-state index contributed by atoms with van der Waals surface area (Å²) in [7, 11) is 0. The molecule has 0 saturated carbocycles. The van der Waals surface area contributed by atoms with Gasteiger partial charge in [-0.05, 0) is 34.6 Å². The maximum absolute atomic E-state index is 11.6. The van der Waals surface area contributed by atoms with E-state index in [1.807, 2.05) is 27.7 Å². The van der Waals surface area contributed by atoms with Crippen LogP contribution in [0.1, 0.15) is 34.6 Å². The maximum Gasteiger partial charge on any atom is 0.353 e. The molecule has 100 valence electrons. The molecule has 1 atom stereocenters. The molecule has 0 bridgehead atoms. The molecule has 1 aliphatic rings. The number of hydrogen-bond acceptors (Lipinski definition) is 5. The van der Waals surface area contributed by atoms with E-state index >= 15 is 0 Å². The fourth-order valence-electron chi connectivity index (χ4n) is 1.56. The predicted molar refractivity (Wildman–Crippen MR) is 64.2 cm³/mol. The number of hydrogen-bond donors (Lipinski definition) is 0. The van der Waals surface area contributed by atoms with E-state index in [2.05, 4.69) is 0 Å². The molecule has 0 aliphatic carbocycles. The zero-order valence-corrected chi connectivity index (χ0v) is 11.3. The molecule has 18 heavy (non-hydrogen) atoms. The Kier molecular flexibility index (Phi) is 4.70. The number of carbonyl (C=O) groups is 1. The largest absolute Gasteiger partial charge is 0.489 e. The highest BCUT2D eigenvalue weighted by atomic mass is 16.6. The minimum absolute atomic E-state index is 0.113. The van der Waals surface area contributed by atoms with E-state index in [9.17, 15) is 9.59 Å². The molecule has 1 aliphatic heterocycles. The lowest BCUT2D eigenvalue weighted by atomic mass is 10.1. The van der Waals surface area contributed by atoms with Gasteiger partial charge in [-0.3, -0.25) is 0 Å². The van der Waals surface area contributed by atoms with Crippen LogP contribution in [-0.4, -0.2) is 30.2 Å².